The van der Waals surface area contributed by atoms with E-state index in [0.29, 0.717) is 0 Å². The molecule has 0 bridgehead atoms. The van der Waals surface area contributed by atoms with Gasteiger partial charge in [0.25, 0.3) is 0 Å². The van der Waals surface area contributed by atoms with Crippen LogP contribution in [0.1, 0.15) is 5.56 Å². The van der Waals surface area contributed by atoms with E-state index in [1.807, 2.05) is 24.7 Å². The lowest BCUT2D eigenvalue weighted by Crippen LogP contribution is -1.91. The Bertz CT molecular complexity index is 2240. The lowest BCUT2D eigenvalue weighted by molar-refractivity contribution is 1.30. The molecule has 202 valence electrons. The summed E-state index contributed by atoms with van der Waals surface area (Å²) in [5.41, 5.74) is 10.6. The molecule has 0 amide bonds. The Morgan fingerprint density at radius 2 is 0.907 bits per heavy atom. The minimum atomic E-state index is 1.06. The van der Waals surface area contributed by atoms with Crippen LogP contribution in [0.2, 0.25) is 0 Å². The molecule has 0 aliphatic heterocycles. The molecule has 2 heterocycles. The van der Waals surface area contributed by atoms with Gasteiger partial charge in [-0.2, -0.15) is 0 Å². The van der Waals surface area contributed by atoms with Crippen molar-refractivity contribution in [2.75, 3.05) is 0 Å². The fourth-order valence-corrected chi connectivity index (χ4v) is 6.41. The first kappa shape index (κ1) is 25.1. The van der Waals surface area contributed by atoms with Crippen LogP contribution >= 0.6 is 0 Å². The van der Waals surface area contributed by atoms with Crippen molar-refractivity contribution in [3.05, 3.63) is 158 Å². The SMILES string of the molecule is Cc1ccc2cc(-c3c4ccccc4c(-c4cccc(-c5cncc(-c6cccnc6)c5)c4)c4ccccc34)ccc2c1. The molecule has 2 aromatic heterocycles. The van der Waals surface area contributed by atoms with Crippen molar-refractivity contribution < 1.29 is 0 Å². The van der Waals surface area contributed by atoms with E-state index in [1.165, 1.54) is 60.1 Å². The van der Waals surface area contributed by atoms with Gasteiger partial charge in [-0.25, -0.2) is 0 Å². The van der Waals surface area contributed by atoms with Gasteiger partial charge in [-0.15, -0.1) is 0 Å². The predicted octanol–water partition coefficient (Wildman–Crippen LogP) is 10.9. The molecule has 8 aromatic rings. The lowest BCUT2D eigenvalue weighted by atomic mass is 9.85. The first-order valence-electron chi connectivity index (χ1n) is 14.6. The van der Waals surface area contributed by atoms with Crippen molar-refractivity contribution in [3.8, 4) is 44.5 Å². The number of pyridine rings is 2. The van der Waals surface area contributed by atoms with Crippen LogP contribution in [0.25, 0.3) is 76.8 Å². The average Bonchev–Trinajstić information content (AvgIpc) is 3.07. The second-order valence-corrected chi connectivity index (χ2v) is 11.2. The number of aryl methyl sites for hydroxylation is 1. The van der Waals surface area contributed by atoms with Crippen LogP contribution in [-0.2, 0) is 0 Å². The quantitative estimate of drug-likeness (QED) is 0.204. The molecular formula is C41H28N2. The second-order valence-electron chi connectivity index (χ2n) is 11.2. The summed E-state index contributed by atoms with van der Waals surface area (Å²) in [4.78, 5) is 8.88. The predicted molar refractivity (Wildman–Crippen MR) is 181 cm³/mol. The molecule has 0 N–H and O–H groups in total. The highest BCUT2D eigenvalue weighted by atomic mass is 14.6. The van der Waals surface area contributed by atoms with Crippen molar-refractivity contribution in [3.63, 3.8) is 0 Å². The summed E-state index contributed by atoms with van der Waals surface area (Å²) < 4.78 is 0. The minimum Gasteiger partial charge on any atom is -0.264 e. The summed E-state index contributed by atoms with van der Waals surface area (Å²) in [7, 11) is 0. The van der Waals surface area contributed by atoms with E-state index >= 15 is 0 Å². The van der Waals surface area contributed by atoms with Crippen molar-refractivity contribution >= 4 is 32.3 Å². The van der Waals surface area contributed by atoms with E-state index in [2.05, 4.69) is 138 Å². The second kappa shape index (κ2) is 10.3. The van der Waals surface area contributed by atoms with Gasteiger partial charge in [0.2, 0.25) is 0 Å². The summed E-state index contributed by atoms with van der Waals surface area (Å²) in [6.07, 6.45) is 7.52. The number of hydrogen-bond acceptors (Lipinski definition) is 2. The van der Waals surface area contributed by atoms with Crippen molar-refractivity contribution in [2.45, 2.75) is 6.92 Å². The Kier molecular flexibility index (Phi) is 6.05. The van der Waals surface area contributed by atoms with Crippen LogP contribution in [0.15, 0.2) is 152 Å². The maximum Gasteiger partial charge on any atom is 0.0347 e. The monoisotopic (exact) mass is 548 g/mol. The molecule has 2 nitrogen and oxygen atoms in total. The number of hydrogen-bond donors (Lipinski definition) is 0. The molecule has 0 aliphatic rings. The first-order valence-corrected chi connectivity index (χ1v) is 14.6. The Morgan fingerprint density at radius 3 is 1.58 bits per heavy atom. The molecule has 0 atom stereocenters. The highest BCUT2D eigenvalue weighted by molar-refractivity contribution is 6.21. The van der Waals surface area contributed by atoms with Gasteiger partial charge in [-0.05, 0) is 91.3 Å². The molecule has 0 saturated carbocycles. The van der Waals surface area contributed by atoms with Gasteiger partial charge >= 0.3 is 0 Å². The van der Waals surface area contributed by atoms with E-state index in [4.69, 9.17) is 0 Å². The standard InChI is InChI=1S/C41H28N2/c1-27-15-16-30-22-32(18-17-29(30)20-27)41-38-13-4-2-11-36(38)40(37-12-3-5-14-39(37)41)31-9-6-8-28(21-31)34-23-35(26-43-25-34)33-10-7-19-42-24-33/h2-26H,1H3. The lowest BCUT2D eigenvalue weighted by Gasteiger charge is -2.18. The Hall–Kier alpha value is -5.60. The molecule has 0 saturated heterocycles. The third kappa shape index (κ3) is 4.45. The van der Waals surface area contributed by atoms with Crippen LogP contribution in [0, 0.1) is 6.92 Å². The molecule has 0 radical (unpaired) electrons. The fourth-order valence-electron chi connectivity index (χ4n) is 6.41. The molecule has 6 aromatic carbocycles. The third-order valence-electron chi connectivity index (χ3n) is 8.43. The highest BCUT2D eigenvalue weighted by Crippen LogP contribution is 2.44. The molecule has 0 spiro atoms. The maximum absolute atomic E-state index is 4.58. The topological polar surface area (TPSA) is 25.8 Å². The molecule has 0 aliphatic carbocycles. The van der Waals surface area contributed by atoms with E-state index in [1.54, 1.807) is 6.20 Å². The van der Waals surface area contributed by atoms with E-state index in [0.717, 1.165) is 22.3 Å². The smallest absolute Gasteiger partial charge is 0.0347 e. The zero-order valence-electron chi connectivity index (χ0n) is 23.8. The van der Waals surface area contributed by atoms with Gasteiger partial charge in [-0.3, -0.25) is 9.97 Å². The van der Waals surface area contributed by atoms with Gasteiger partial charge in [-0.1, -0.05) is 109 Å². The zero-order chi connectivity index (χ0) is 28.8. The van der Waals surface area contributed by atoms with Crippen LogP contribution in [0.4, 0.5) is 0 Å². The molecule has 43 heavy (non-hydrogen) atoms. The molecule has 0 unspecified atom stereocenters. The Morgan fingerprint density at radius 1 is 0.372 bits per heavy atom. The maximum atomic E-state index is 4.58. The van der Waals surface area contributed by atoms with Gasteiger partial charge in [0.15, 0.2) is 0 Å². The highest BCUT2D eigenvalue weighted by Gasteiger charge is 2.17. The largest absolute Gasteiger partial charge is 0.264 e. The molecular weight excluding hydrogens is 520 g/mol. The summed E-state index contributed by atoms with van der Waals surface area (Å²) in [6, 6.07) is 46.3. The van der Waals surface area contributed by atoms with E-state index in [9.17, 15) is 0 Å². The number of rotatable bonds is 4. The Balaban J connectivity index is 1.34. The number of fused-ring (bicyclic) bond motifs is 3. The minimum absolute atomic E-state index is 1.06. The summed E-state index contributed by atoms with van der Waals surface area (Å²) >= 11 is 0. The van der Waals surface area contributed by atoms with Crippen LogP contribution < -0.4 is 0 Å². The number of benzene rings is 6. The van der Waals surface area contributed by atoms with Crippen LogP contribution in [0.5, 0.6) is 0 Å². The van der Waals surface area contributed by atoms with Gasteiger partial charge < -0.3 is 0 Å². The average molecular weight is 549 g/mol. The zero-order valence-corrected chi connectivity index (χ0v) is 23.8. The molecule has 0 fully saturated rings. The van der Waals surface area contributed by atoms with Crippen LogP contribution in [-0.4, -0.2) is 9.97 Å². The molecule has 2 heteroatoms. The number of aromatic nitrogens is 2. The summed E-state index contributed by atoms with van der Waals surface area (Å²) in [5.74, 6) is 0. The third-order valence-corrected chi connectivity index (χ3v) is 8.43. The summed E-state index contributed by atoms with van der Waals surface area (Å²) in [5, 5.41) is 7.55. The summed E-state index contributed by atoms with van der Waals surface area (Å²) in [6.45, 7) is 2.15. The van der Waals surface area contributed by atoms with Crippen molar-refractivity contribution in [2.24, 2.45) is 0 Å². The van der Waals surface area contributed by atoms with E-state index in [-0.39, 0.29) is 0 Å². The fraction of sp³-hybridized carbons (Fsp3) is 0.0244. The normalized spacial score (nSPS) is 11.4. The van der Waals surface area contributed by atoms with Gasteiger partial charge in [0, 0.05) is 41.5 Å². The van der Waals surface area contributed by atoms with Crippen LogP contribution in [0.3, 0.4) is 0 Å². The van der Waals surface area contributed by atoms with Gasteiger partial charge in [0.05, 0.1) is 0 Å². The van der Waals surface area contributed by atoms with Crippen molar-refractivity contribution in [1.29, 1.82) is 0 Å². The van der Waals surface area contributed by atoms with Gasteiger partial charge in [0.1, 0.15) is 0 Å². The van der Waals surface area contributed by atoms with Crippen molar-refractivity contribution in [1.82, 2.24) is 9.97 Å². The first-order chi connectivity index (χ1) is 21.2. The van der Waals surface area contributed by atoms with E-state index < -0.39 is 0 Å². The Labute approximate surface area is 251 Å². The molecule has 8 rings (SSSR count). The number of nitrogens with zero attached hydrogens (tertiary/aromatic N) is 2.